The highest BCUT2D eigenvalue weighted by Crippen LogP contribution is 2.31. The molecular weight excluding hydrogens is 264 g/mol. The Kier molecular flexibility index (Phi) is 2.98. The van der Waals surface area contributed by atoms with E-state index in [0.717, 1.165) is 12.8 Å². The first-order chi connectivity index (χ1) is 10.2. The number of piperazine rings is 1. The Hall–Kier alpha value is -1.84. The van der Waals surface area contributed by atoms with E-state index >= 15 is 0 Å². The summed E-state index contributed by atoms with van der Waals surface area (Å²) in [6, 6.07) is 8.17. The average molecular weight is 284 g/mol. The fourth-order valence-corrected chi connectivity index (χ4v) is 4.04. The molecule has 0 spiro atoms. The highest BCUT2D eigenvalue weighted by molar-refractivity contribution is 5.95. The molecule has 1 saturated heterocycles. The molecule has 110 valence electrons. The fourth-order valence-electron chi connectivity index (χ4n) is 4.04. The average Bonchev–Trinajstić information content (AvgIpc) is 3.03. The van der Waals surface area contributed by atoms with E-state index in [1.54, 1.807) is 4.90 Å². The van der Waals surface area contributed by atoms with Gasteiger partial charge in [0.05, 0.1) is 0 Å². The van der Waals surface area contributed by atoms with E-state index in [1.807, 2.05) is 17.0 Å². The number of carbonyl (C=O) groups is 2. The van der Waals surface area contributed by atoms with Gasteiger partial charge in [-0.15, -0.1) is 0 Å². The largest absolute Gasteiger partial charge is 0.329 e. The summed E-state index contributed by atoms with van der Waals surface area (Å²) in [5.74, 6) is 0.275. The van der Waals surface area contributed by atoms with Crippen LogP contribution in [0.25, 0.3) is 0 Å². The van der Waals surface area contributed by atoms with Crippen LogP contribution in [0.3, 0.4) is 0 Å². The zero-order valence-corrected chi connectivity index (χ0v) is 12.1. The summed E-state index contributed by atoms with van der Waals surface area (Å²) in [5.41, 5.74) is 2.40. The minimum Gasteiger partial charge on any atom is -0.329 e. The van der Waals surface area contributed by atoms with Gasteiger partial charge in [0.25, 0.3) is 0 Å². The maximum Gasteiger partial charge on any atom is 0.246 e. The lowest BCUT2D eigenvalue weighted by Gasteiger charge is -2.45. The van der Waals surface area contributed by atoms with Gasteiger partial charge < -0.3 is 9.80 Å². The molecule has 2 heterocycles. The van der Waals surface area contributed by atoms with Gasteiger partial charge >= 0.3 is 0 Å². The minimum atomic E-state index is -0.276. The first kappa shape index (κ1) is 12.9. The number of nitrogens with zero attached hydrogens (tertiary/aromatic N) is 2. The summed E-state index contributed by atoms with van der Waals surface area (Å²) in [7, 11) is 0. The van der Waals surface area contributed by atoms with E-state index in [9.17, 15) is 9.59 Å². The van der Waals surface area contributed by atoms with E-state index in [4.69, 9.17) is 0 Å². The van der Waals surface area contributed by atoms with Gasteiger partial charge in [-0.1, -0.05) is 37.1 Å². The lowest BCUT2D eigenvalue weighted by atomic mass is 9.91. The van der Waals surface area contributed by atoms with Crippen molar-refractivity contribution in [2.75, 3.05) is 6.54 Å². The molecule has 0 aromatic heterocycles. The van der Waals surface area contributed by atoms with Gasteiger partial charge in [-0.25, -0.2) is 0 Å². The molecule has 2 amide bonds. The number of carbonyl (C=O) groups excluding carboxylic acids is 2. The third-order valence-electron chi connectivity index (χ3n) is 5.21. The Morgan fingerprint density at radius 1 is 0.905 bits per heavy atom. The third kappa shape index (κ3) is 2.04. The molecule has 2 fully saturated rings. The van der Waals surface area contributed by atoms with E-state index in [-0.39, 0.29) is 24.4 Å². The highest BCUT2D eigenvalue weighted by atomic mass is 16.2. The van der Waals surface area contributed by atoms with Gasteiger partial charge in [0.15, 0.2) is 0 Å². The molecule has 4 heteroatoms. The summed E-state index contributed by atoms with van der Waals surface area (Å²) in [4.78, 5) is 29.0. The Bertz CT molecular complexity index is 592. The van der Waals surface area contributed by atoms with Crippen LogP contribution in [0.1, 0.15) is 36.8 Å². The zero-order chi connectivity index (χ0) is 14.4. The molecule has 1 aliphatic carbocycles. The predicted octanol–water partition coefficient (Wildman–Crippen LogP) is 1.72. The molecule has 0 radical (unpaired) electrons. The number of hydrogen-bond acceptors (Lipinski definition) is 2. The number of amides is 2. The van der Waals surface area contributed by atoms with E-state index in [1.165, 1.54) is 24.0 Å². The van der Waals surface area contributed by atoms with Gasteiger partial charge in [0.2, 0.25) is 11.8 Å². The van der Waals surface area contributed by atoms with Gasteiger partial charge in [-0.3, -0.25) is 9.59 Å². The Morgan fingerprint density at radius 2 is 1.62 bits per heavy atom. The molecule has 0 bridgehead atoms. The van der Waals surface area contributed by atoms with Crippen molar-refractivity contribution in [3.63, 3.8) is 0 Å². The molecule has 1 aromatic carbocycles. The quantitative estimate of drug-likeness (QED) is 0.788. The monoisotopic (exact) mass is 284 g/mol. The molecule has 1 unspecified atom stereocenters. The van der Waals surface area contributed by atoms with E-state index in [2.05, 4.69) is 12.1 Å². The molecule has 4 rings (SSSR count). The molecule has 2 aliphatic heterocycles. The van der Waals surface area contributed by atoms with Crippen molar-refractivity contribution >= 4 is 11.8 Å². The number of rotatable bonds is 1. The third-order valence-corrected chi connectivity index (χ3v) is 5.21. The van der Waals surface area contributed by atoms with Crippen molar-refractivity contribution in [1.82, 2.24) is 9.80 Å². The molecule has 0 N–H and O–H groups in total. The van der Waals surface area contributed by atoms with Crippen LogP contribution in [0, 0.1) is 0 Å². The second kappa shape index (κ2) is 4.86. The summed E-state index contributed by atoms with van der Waals surface area (Å²) in [6.07, 6.45) is 5.15. The minimum absolute atomic E-state index is 0.112. The maximum atomic E-state index is 12.8. The van der Waals surface area contributed by atoms with Crippen molar-refractivity contribution in [2.45, 2.75) is 50.7 Å². The second-order valence-corrected chi connectivity index (χ2v) is 6.41. The molecule has 1 aromatic rings. The van der Waals surface area contributed by atoms with Crippen molar-refractivity contribution < 1.29 is 9.59 Å². The van der Waals surface area contributed by atoms with Gasteiger partial charge in [0, 0.05) is 19.0 Å². The summed E-state index contributed by atoms with van der Waals surface area (Å²) < 4.78 is 0. The molecule has 1 saturated carbocycles. The molecular formula is C17H20N2O2. The first-order valence-electron chi connectivity index (χ1n) is 7.91. The van der Waals surface area contributed by atoms with Crippen LogP contribution in [0.4, 0.5) is 0 Å². The Balaban J connectivity index is 1.64. The van der Waals surface area contributed by atoms with Crippen LogP contribution in [0.5, 0.6) is 0 Å². The zero-order valence-electron chi connectivity index (χ0n) is 12.1. The molecule has 4 nitrogen and oxygen atoms in total. The smallest absolute Gasteiger partial charge is 0.246 e. The van der Waals surface area contributed by atoms with Crippen molar-refractivity contribution in [1.29, 1.82) is 0 Å². The fraction of sp³-hybridized carbons (Fsp3) is 0.529. The van der Waals surface area contributed by atoms with Crippen LogP contribution in [-0.4, -0.2) is 40.2 Å². The van der Waals surface area contributed by atoms with Gasteiger partial charge in [0.1, 0.15) is 12.6 Å². The second-order valence-electron chi connectivity index (χ2n) is 6.41. The van der Waals surface area contributed by atoms with Crippen molar-refractivity contribution in [3.8, 4) is 0 Å². The van der Waals surface area contributed by atoms with Gasteiger partial charge in [-0.2, -0.15) is 0 Å². The Labute approximate surface area is 124 Å². The molecule has 3 aliphatic rings. The maximum absolute atomic E-state index is 12.8. The summed E-state index contributed by atoms with van der Waals surface area (Å²) in [5, 5.41) is 0. The van der Waals surface area contributed by atoms with Crippen molar-refractivity contribution in [3.05, 3.63) is 35.4 Å². The van der Waals surface area contributed by atoms with Crippen LogP contribution in [-0.2, 0) is 22.6 Å². The van der Waals surface area contributed by atoms with Gasteiger partial charge in [-0.05, 0) is 24.0 Å². The normalized spacial score (nSPS) is 26.0. The summed E-state index contributed by atoms with van der Waals surface area (Å²) in [6.45, 7) is 0.867. The Morgan fingerprint density at radius 3 is 2.38 bits per heavy atom. The number of benzene rings is 1. The standard InChI is InChI=1S/C17H20N2O2/c20-16-11-18(14-7-3-4-8-14)17(21)15-9-12-5-1-2-6-13(12)10-19(15)16/h1-2,5-6,14-15H,3-4,7-11H2. The number of fused-ring (bicyclic) bond motifs is 2. The van der Waals surface area contributed by atoms with Crippen LogP contribution in [0.2, 0.25) is 0 Å². The van der Waals surface area contributed by atoms with E-state index in [0.29, 0.717) is 19.0 Å². The molecule has 1 atom stereocenters. The highest BCUT2D eigenvalue weighted by Gasteiger charge is 2.44. The van der Waals surface area contributed by atoms with Crippen LogP contribution in [0.15, 0.2) is 24.3 Å². The van der Waals surface area contributed by atoms with Crippen LogP contribution < -0.4 is 0 Å². The lowest BCUT2D eigenvalue weighted by molar-refractivity contribution is -0.159. The van der Waals surface area contributed by atoms with Crippen LogP contribution >= 0.6 is 0 Å². The van der Waals surface area contributed by atoms with Crippen molar-refractivity contribution in [2.24, 2.45) is 0 Å². The lowest BCUT2D eigenvalue weighted by Crippen LogP contribution is -2.63. The first-order valence-corrected chi connectivity index (χ1v) is 7.91. The SMILES string of the molecule is O=C1C2Cc3ccccc3CN2C(=O)CN1C1CCCC1. The predicted molar refractivity (Wildman–Crippen MR) is 78.5 cm³/mol. The topological polar surface area (TPSA) is 40.6 Å². The summed E-state index contributed by atoms with van der Waals surface area (Å²) >= 11 is 0. The number of hydrogen-bond donors (Lipinski definition) is 0. The molecule has 21 heavy (non-hydrogen) atoms. The van der Waals surface area contributed by atoms with E-state index < -0.39 is 0 Å².